The van der Waals surface area contributed by atoms with Crippen molar-refractivity contribution in [1.82, 2.24) is 15.3 Å². The lowest BCUT2D eigenvalue weighted by atomic mass is 9.95. The zero-order chi connectivity index (χ0) is 13.2. The van der Waals surface area contributed by atoms with E-state index in [0.717, 1.165) is 16.2 Å². The van der Waals surface area contributed by atoms with Crippen molar-refractivity contribution in [2.75, 3.05) is 7.05 Å². The van der Waals surface area contributed by atoms with Crippen molar-refractivity contribution in [2.24, 2.45) is 0 Å². The molecule has 0 bridgehead atoms. The number of hydrogen-bond acceptors (Lipinski definition) is 3. The van der Waals surface area contributed by atoms with Crippen molar-refractivity contribution in [2.45, 2.75) is 49.1 Å². The highest BCUT2D eigenvalue weighted by molar-refractivity contribution is 7.99. The summed E-state index contributed by atoms with van der Waals surface area (Å²) in [5, 5.41) is 5.17. The Labute approximate surface area is 118 Å². The van der Waals surface area contributed by atoms with Gasteiger partial charge >= 0.3 is 0 Å². The number of thioether (sulfide) groups is 1. The number of aromatic amines is 1. The summed E-state index contributed by atoms with van der Waals surface area (Å²) in [5.74, 6) is 0. The zero-order valence-electron chi connectivity index (χ0n) is 11.6. The van der Waals surface area contributed by atoms with Gasteiger partial charge in [-0.25, -0.2) is 4.98 Å². The highest BCUT2D eigenvalue weighted by atomic mass is 32.2. The Kier molecular flexibility index (Phi) is 3.80. The number of hydrogen-bond donors (Lipinski definition) is 2. The highest BCUT2D eigenvalue weighted by Crippen LogP contribution is 2.33. The van der Waals surface area contributed by atoms with E-state index >= 15 is 0 Å². The van der Waals surface area contributed by atoms with Gasteiger partial charge in [-0.05, 0) is 50.9 Å². The summed E-state index contributed by atoms with van der Waals surface area (Å²) in [6.07, 6.45) is 5.19. The largest absolute Gasteiger partial charge is 0.333 e. The maximum Gasteiger partial charge on any atom is 0.166 e. The van der Waals surface area contributed by atoms with Gasteiger partial charge in [-0.1, -0.05) is 24.2 Å². The Balaban J connectivity index is 1.74. The third-order valence-electron chi connectivity index (χ3n) is 3.93. The summed E-state index contributed by atoms with van der Waals surface area (Å²) in [5.41, 5.74) is 3.51. The van der Waals surface area contributed by atoms with E-state index in [-0.39, 0.29) is 0 Å². The van der Waals surface area contributed by atoms with Crippen LogP contribution in [-0.2, 0) is 0 Å². The highest BCUT2D eigenvalue weighted by Gasteiger charge is 2.22. The Hall–Kier alpha value is -1.00. The van der Waals surface area contributed by atoms with Crippen LogP contribution in [0, 0.1) is 6.92 Å². The number of aryl methyl sites for hydroxylation is 1. The summed E-state index contributed by atoms with van der Waals surface area (Å²) < 4.78 is 0. The number of benzene rings is 1. The molecule has 0 radical (unpaired) electrons. The third-order valence-corrected chi connectivity index (χ3v) is 5.11. The molecule has 1 heterocycles. The van der Waals surface area contributed by atoms with Crippen LogP contribution in [0.1, 0.15) is 31.2 Å². The molecule has 2 atom stereocenters. The van der Waals surface area contributed by atoms with Crippen molar-refractivity contribution in [3.63, 3.8) is 0 Å². The van der Waals surface area contributed by atoms with Crippen LogP contribution < -0.4 is 5.32 Å². The Bertz CT molecular complexity index is 564. The van der Waals surface area contributed by atoms with E-state index < -0.39 is 0 Å². The van der Waals surface area contributed by atoms with E-state index in [1.54, 1.807) is 0 Å². The van der Waals surface area contributed by atoms with Gasteiger partial charge in [0.1, 0.15) is 0 Å². The second kappa shape index (κ2) is 5.55. The molecule has 2 aromatic rings. The lowest BCUT2D eigenvalue weighted by Gasteiger charge is -2.27. The van der Waals surface area contributed by atoms with E-state index in [0.29, 0.717) is 11.3 Å². The Morgan fingerprint density at radius 1 is 1.37 bits per heavy atom. The average Bonchev–Trinajstić information content (AvgIpc) is 2.80. The Morgan fingerprint density at radius 3 is 3.11 bits per heavy atom. The molecule has 3 rings (SSSR count). The van der Waals surface area contributed by atoms with Crippen molar-refractivity contribution in [3.05, 3.63) is 23.8 Å². The first-order valence-electron chi connectivity index (χ1n) is 7.05. The molecule has 0 amide bonds. The normalized spacial score (nSPS) is 23.9. The summed E-state index contributed by atoms with van der Waals surface area (Å²) in [6.45, 7) is 2.12. The predicted octanol–water partition coefficient (Wildman–Crippen LogP) is 3.49. The lowest BCUT2D eigenvalue weighted by Crippen LogP contribution is -2.32. The number of fused-ring (bicyclic) bond motifs is 1. The molecule has 2 N–H and O–H groups in total. The first kappa shape index (κ1) is 13.0. The summed E-state index contributed by atoms with van der Waals surface area (Å²) >= 11 is 1.91. The minimum Gasteiger partial charge on any atom is -0.333 e. The number of nitrogens with one attached hydrogen (secondary N) is 2. The minimum absolute atomic E-state index is 0.679. The van der Waals surface area contributed by atoms with Gasteiger partial charge in [0.2, 0.25) is 0 Å². The lowest BCUT2D eigenvalue weighted by molar-refractivity contribution is 0.402. The fourth-order valence-electron chi connectivity index (χ4n) is 2.83. The number of imidazole rings is 1. The van der Waals surface area contributed by atoms with E-state index in [4.69, 9.17) is 0 Å². The fourth-order valence-corrected chi connectivity index (χ4v) is 4.08. The molecule has 1 aliphatic carbocycles. The molecule has 1 fully saturated rings. The molecule has 102 valence electrons. The average molecular weight is 275 g/mol. The van der Waals surface area contributed by atoms with Crippen LogP contribution in [0.4, 0.5) is 0 Å². The smallest absolute Gasteiger partial charge is 0.166 e. The Morgan fingerprint density at radius 2 is 2.26 bits per heavy atom. The molecular weight excluding hydrogens is 254 g/mol. The summed E-state index contributed by atoms with van der Waals surface area (Å²) in [7, 11) is 2.07. The van der Waals surface area contributed by atoms with E-state index in [1.807, 2.05) is 11.8 Å². The minimum atomic E-state index is 0.679. The third kappa shape index (κ3) is 2.95. The molecule has 1 aromatic heterocycles. The first-order valence-corrected chi connectivity index (χ1v) is 7.93. The number of H-pyrrole nitrogens is 1. The van der Waals surface area contributed by atoms with Crippen LogP contribution in [0.25, 0.3) is 11.0 Å². The first-order chi connectivity index (χ1) is 9.24. The molecule has 3 nitrogen and oxygen atoms in total. The molecule has 1 aliphatic rings. The molecule has 0 saturated heterocycles. The van der Waals surface area contributed by atoms with Crippen LogP contribution in [0.3, 0.4) is 0 Å². The molecule has 0 aliphatic heterocycles. The van der Waals surface area contributed by atoms with Crippen LogP contribution in [-0.4, -0.2) is 28.3 Å². The van der Waals surface area contributed by atoms with Gasteiger partial charge in [-0.3, -0.25) is 0 Å². The molecule has 1 saturated carbocycles. The van der Waals surface area contributed by atoms with Gasteiger partial charge in [-0.15, -0.1) is 0 Å². The van der Waals surface area contributed by atoms with E-state index in [2.05, 4.69) is 47.5 Å². The topological polar surface area (TPSA) is 40.7 Å². The van der Waals surface area contributed by atoms with Crippen molar-refractivity contribution >= 4 is 22.8 Å². The number of nitrogens with zero attached hydrogens (tertiary/aromatic N) is 1. The standard InChI is InChI=1S/C15H21N3S/c1-10-6-7-13-14(8-10)18-15(17-13)19-12-5-3-4-11(9-12)16-2/h6-8,11-12,16H,3-5,9H2,1-2H3,(H,17,18). The molecule has 0 spiro atoms. The summed E-state index contributed by atoms with van der Waals surface area (Å²) in [6, 6.07) is 7.07. The van der Waals surface area contributed by atoms with Gasteiger partial charge in [0.25, 0.3) is 0 Å². The van der Waals surface area contributed by atoms with Crippen molar-refractivity contribution in [3.8, 4) is 0 Å². The quantitative estimate of drug-likeness (QED) is 0.901. The maximum absolute atomic E-state index is 4.69. The molecule has 19 heavy (non-hydrogen) atoms. The van der Waals surface area contributed by atoms with Gasteiger partial charge in [0.05, 0.1) is 11.0 Å². The molecule has 4 heteroatoms. The maximum atomic E-state index is 4.69. The summed E-state index contributed by atoms with van der Waals surface area (Å²) in [4.78, 5) is 8.13. The molecule has 1 aromatic carbocycles. The van der Waals surface area contributed by atoms with Crippen molar-refractivity contribution < 1.29 is 0 Å². The van der Waals surface area contributed by atoms with E-state index in [1.165, 1.54) is 31.2 Å². The number of rotatable bonds is 3. The predicted molar refractivity (Wildman–Crippen MR) is 81.8 cm³/mol. The van der Waals surface area contributed by atoms with Crippen LogP contribution in [0.2, 0.25) is 0 Å². The second-order valence-electron chi connectivity index (χ2n) is 5.45. The second-order valence-corrected chi connectivity index (χ2v) is 6.74. The van der Waals surface area contributed by atoms with Gasteiger partial charge < -0.3 is 10.3 Å². The van der Waals surface area contributed by atoms with Crippen LogP contribution >= 0.6 is 11.8 Å². The van der Waals surface area contributed by atoms with Gasteiger partial charge in [0.15, 0.2) is 5.16 Å². The fraction of sp³-hybridized carbons (Fsp3) is 0.533. The number of aromatic nitrogens is 2. The monoisotopic (exact) mass is 275 g/mol. The zero-order valence-corrected chi connectivity index (χ0v) is 12.4. The van der Waals surface area contributed by atoms with Gasteiger partial charge in [0, 0.05) is 11.3 Å². The van der Waals surface area contributed by atoms with Crippen LogP contribution in [0.5, 0.6) is 0 Å². The van der Waals surface area contributed by atoms with E-state index in [9.17, 15) is 0 Å². The SMILES string of the molecule is CNC1CCCC(Sc2nc3ccc(C)cc3[nH]2)C1. The molecular formula is C15H21N3S. The van der Waals surface area contributed by atoms with Crippen LogP contribution in [0.15, 0.2) is 23.4 Å². The van der Waals surface area contributed by atoms with Crippen molar-refractivity contribution in [1.29, 1.82) is 0 Å². The van der Waals surface area contributed by atoms with Gasteiger partial charge in [-0.2, -0.15) is 0 Å². The molecule has 2 unspecified atom stereocenters.